The van der Waals surface area contributed by atoms with E-state index in [0.29, 0.717) is 16.7 Å². The predicted octanol–water partition coefficient (Wildman–Crippen LogP) is 6.33. The molecule has 0 aliphatic carbocycles. The van der Waals surface area contributed by atoms with Gasteiger partial charge in [-0.25, -0.2) is 4.79 Å². The number of oxime groups is 1. The number of hydrogen-bond acceptors (Lipinski definition) is 6. The summed E-state index contributed by atoms with van der Waals surface area (Å²) in [5.41, 5.74) is 0.624. The Bertz CT molecular complexity index is 1160. The highest BCUT2D eigenvalue weighted by molar-refractivity contribution is 6.34. The molecule has 3 rings (SSSR count). The third-order valence-corrected chi connectivity index (χ3v) is 5.27. The molecule has 2 aromatic carbocycles. The van der Waals surface area contributed by atoms with Crippen molar-refractivity contribution in [3.63, 3.8) is 0 Å². The average Bonchev–Trinajstić information content (AvgIpc) is 3.17. The SMILES string of the molecule is Cc1cc(C2=CC(c3cc(Cl)cc(Cl)c3)(C(F)(F)F)ON2)ccc1C=NOCC(=O)OC(C)(C)C. The molecular formula is C24H23Cl2F3N2O4. The van der Waals surface area contributed by atoms with Gasteiger partial charge in [-0.15, -0.1) is 0 Å². The van der Waals surface area contributed by atoms with Gasteiger partial charge in [0.1, 0.15) is 5.60 Å². The highest BCUT2D eigenvalue weighted by atomic mass is 35.5. The van der Waals surface area contributed by atoms with Crippen molar-refractivity contribution in [2.75, 3.05) is 6.61 Å². The van der Waals surface area contributed by atoms with Crippen molar-refractivity contribution in [1.29, 1.82) is 0 Å². The van der Waals surface area contributed by atoms with E-state index in [1.807, 2.05) is 0 Å². The zero-order valence-corrected chi connectivity index (χ0v) is 20.8. The van der Waals surface area contributed by atoms with Crippen LogP contribution in [0.2, 0.25) is 10.0 Å². The molecular weight excluding hydrogens is 508 g/mol. The number of nitrogens with one attached hydrogen (secondary N) is 1. The molecule has 1 aliphatic heterocycles. The fraction of sp³-hybridized carbons (Fsp3) is 0.333. The zero-order valence-electron chi connectivity index (χ0n) is 19.3. The first kappa shape index (κ1) is 26.8. The monoisotopic (exact) mass is 530 g/mol. The molecule has 0 aromatic heterocycles. The Balaban J connectivity index is 1.80. The van der Waals surface area contributed by atoms with Crippen LogP contribution < -0.4 is 5.48 Å². The zero-order chi connectivity index (χ0) is 26.0. The van der Waals surface area contributed by atoms with E-state index in [2.05, 4.69) is 10.6 Å². The summed E-state index contributed by atoms with van der Waals surface area (Å²) < 4.78 is 47.6. The summed E-state index contributed by atoms with van der Waals surface area (Å²) in [7, 11) is 0. The molecule has 0 amide bonds. The van der Waals surface area contributed by atoms with Gasteiger partial charge in [0, 0.05) is 15.6 Å². The van der Waals surface area contributed by atoms with Crippen molar-refractivity contribution >= 4 is 41.1 Å². The van der Waals surface area contributed by atoms with Gasteiger partial charge in [0.05, 0.1) is 11.9 Å². The van der Waals surface area contributed by atoms with Crippen LogP contribution in [0.5, 0.6) is 0 Å². The van der Waals surface area contributed by atoms with E-state index < -0.39 is 23.3 Å². The number of benzene rings is 2. The highest BCUT2D eigenvalue weighted by Gasteiger charge is 2.59. The molecule has 0 bridgehead atoms. The molecule has 0 saturated carbocycles. The Morgan fingerprint density at radius 1 is 1.14 bits per heavy atom. The maximum absolute atomic E-state index is 14.2. The first-order chi connectivity index (χ1) is 16.2. The summed E-state index contributed by atoms with van der Waals surface area (Å²) >= 11 is 11.9. The Labute approximate surface area is 210 Å². The molecule has 1 unspecified atom stereocenters. The Morgan fingerprint density at radius 2 is 1.80 bits per heavy atom. The number of carbonyl (C=O) groups is 1. The van der Waals surface area contributed by atoms with Gasteiger partial charge in [-0.05, 0) is 74.7 Å². The number of aryl methyl sites for hydroxylation is 1. The fourth-order valence-corrected chi connectivity index (χ4v) is 3.82. The smallest absolute Gasteiger partial charge is 0.428 e. The molecule has 6 nitrogen and oxygen atoms in total. The summed E-state index contributed by atoms with van der Waals surface area (Å²) in [5, 5.41) is 3.86. The second-order valence-corrected chi connectivity index (χ2v) is 9.69. The molecule has 0 saturated heterocycles. The molecule has 1 atom stereocenters. The van der Waals surface area contributed by atoms with Crippen molar-refractivity contribution < 1.29 is 32.4 Å². The van der Waals surface area contributed by atoms with E-state index in [0.717, 1.165) is 18.2 Å². The number of nitrogens with zero attached hydrogens (tertiary/aromatic N) is 1. The van der Waals surface area contributed by atoms with Crippen molar-refractivity contribution in [3.05, 3.63) is 74.8 Å². The third kappa shape index (κ3) is 6.48. The van der Waals surface area contributed by atoms with Gasteiger partial charge in [0.15, 0.2) is 0 Å². The van der Waals surface area contributed by atoms with E-state index in [1.54, 1.807) is 45.9 Å². The molecule has 11 heteroatoms. The summed E-state index contributed by atoms with van der Waals surface area (Å²) in [5.74, 6) is -0.560. The van der Waals surface area contributed by atoms with E-state index in [-0.39, 0.29) is 27.9 Å². The van der Waals surface area contributed by atoms with Crippen molar-refractivity contribution in [2.24, 2.45) is 5.16 Å². The number of carbonyl (C=O) groups excluding carboxylic acids is 1. The summed E-state index contributed by atoms with van der Waals surface area (Å²) in [6.07, 6.45) is -2.46. The van der Waals surface area contributed by atoms with Crippen LogP contribution in [0.25, 0.3) is 5.70 Å². The molecule has 0 spiro atoms. The van der Waals surface area contributed by atoms with E-state index in [1.165, 1.54) is 12.3 Å². The van der Waals surface area contributed by atoms with Crippen LogP contribution in [0.4, 0.5) is 13.2 Å². The largest absolute Gasteiger partial charge is 0.457 e. The van der Waals surface area contributed by atoms with Crippen LogP contribution in [0, 0.1) is 6.92 Å². The lowest BCUT2D eigenvalue weighted by molar-refractivity contribution is -0.269. The lowest BCUT2D eigenvalue weighted by atomic mass is 9.91. The highest BCUT2D eigenvalue weighted by Crippen LogP contribution is 2.48. The van der Waals surface area contributed by atoms with Gasteiger partial charge in [-0.3, -0.25) is 10.3 Å². The van der Waals surface area contributed by atoms with Gasteiger partial charge in [-0.2, -0.15) is 13.2 Å². The second kappa shape index (κ2) is 10.1. The minimum absolute atomic E-state index is 0.0509. The van der Waals surface area contributed by atoms with Crippen LogP contribution in [-0.4, -0.2) is 30.6 Å². The minimum atomic E-state index is -4.80. The number of ether oxygens (including phenoxy) is 1. The lowest BCUT2D eigenvalue weighted by Crippen LogP contribution is -2.42. The van der Waals surface area contributed by atoms with Gasteiger partial charge >= 0.3 is 12.1 Å². The van der Waals surface area contributed by atoms with Crippen LogP contribution in [0.3, 0.4) is 0 Å². The predicted molar refractivity (Wildman–Crippen MR) is 127 cm³/mol. The summed E-state index contributed by atoms with van der Waals surface area (Å²) in [4.78, 5) is 21.7. The minimum Gasteiger partial charge on any atom is -0.457 e. The Hall–Kier alpha value is -2.75. The first-order valence-corrected chi connectivity index (χ1v) is 11.1. The van der Waals surface area contributed by atoms with Gasteiger partial charge in [0.25, 0.3) is 0 Å². The number of esters is 1. The molecule has 188 valence electrons. The quantitative estimate of drug-likeness (QED) is 0.268. The van der Waals surface area contributed by atoms with Crippen LogP contribution in [-0.2, 0) is 24.8 Å². The van der Waals surface area contributed by atoms with Crippen LogP contribution in [0.1, 0.15) is 43.0 Å². The molecule has 1 aliphatic rings. The maximum atomic E-state index is 14.2. The Morgan fingerprint density at radius 3 is 2.37 bits per heavy atom. The fourth-order valence-electron chi connectivity index (χ4n) is 3.30. The number of alkyl halides is 3. The van der Waals surface area contributed by atoms with E-state index in [9.17, 15) is 18.0 Å². The summed E-state index contributed by atoms with van der Waals surface area (Å²) in [6, 6.07) is 8.56. The number of rotatable bonds is 6. The number of hydrogen-bond donors (Lipinski definition) is 1. The van der Waals surface area contributed by atoms with Gasteiger partial charge < -0.3 is 9.57 Å². The Kier molecular flexibility index (Phi) is 7.74. The lowest BCUT2D eigenvalue weighted by Gasteiger charge is -2.28. The third-order valence-electron chi connectivity index (χ3n) is 4.83. The van der Waals surface area contributed by atoms with E-state index in [4.69, 9.17) is 37.6 Å². The second-order valence-electron chi connectivity index (χ2n) is 8.82. The van der Waals surface area contributed by atoms with Crippen molar-refractivity contribution in [1.82, 2.24) is 5.48 Å². The molecule has 1 heterocycles. The molecule has 2 aromatic rings. The average molecular weight is 531 g/mol. The normalized spacial score (nSPS) is 18.4. The molecule has 1 N–H and O–H groups in total. The van der Waals surface area contributed by atoms with E-state index >= 15 is 0 Å². The molecule has 35 heavy (non-hydrogen) atoms. The standard InChI is InChI=1S/C24H23Cl2F3N2O4/c1-14-7-15(5-6-16(14)12-30-33-13-21(32)34-22(2,3)4)20-11-23(35-31-20,24(27,28)29)17-8-18(25)10-19(26)9-17/h5-12,31H,13H2,1-4H3. The van der Waals surface area contributed by atoms with Crippen LogP contribution in [0.15, 0.2) is 47.6 Å². The van der Waals surface area contributed by atoms with Crippen LogP contribution >= 0.6 is 23.2 Å². The summed E-state index contributed by atoms with van der Waals surface area (Å²) in [6.45, 7) is 6.61. The van der Waals surface area contributed by atoms with Gasteiger partial charge in [0.2, 0.25) is 12.2 Å². The van der Waals surface area contributed by atoms with Crippen molar-refractivity contribution in [2.45, 2.75) is 45.1 Å². The number of halogens is 5. The molecule has 0 radical (unpaired) electrons. The van der Waals surface area contributed by atoms with Gasteiger partial charge in [-0.1, -0.05) is 40.5 Å². The van der Waals surface area contributed by atoms with Crippen molar-refractivity contribution in [3.8, 4) is 0 Å². The topological polar surface area (TPSA) is 69.1 Å². The first-order valence-electron chi connectivity index (χ1n) is 10.4. The molecule has 0 fully saturated rings. The number of hydroxylamine groups is 1. The maximum Gasteiger partial charge on any atom is 0.428 e.